The van der Waals surface area contributed by atoms with E-state index >= 15 is 0 Å². The van der Waals surface area contributed by atoms with Gasteiger partial charge in [-0.15, -0.1) is 0 Å². The predicted molar refractivity (Wildman–Crippen MR) is 77.5 cm³/mol. The number of carbonyl (C=O) groups excluding carboxylic acids is 1. The van der Waals surface area contributed by atoms with Gasteiger partial charge in [0.05, 0.1) is 7.11 Å². The minimum Gasteiger partial charge on any atom is -0.497 e. The zero-order chi connectivity index (χ0) is 14.5. The number of methoxy groups -OCH3 is 1. The maximum absolute atomic E-state index is 11.1. The Morgan fingerprint density at radius 2 is 2.00 bits per heavy atom. The highest BCUT2D eigenvalue weighted by molar-refractivity contribution is 5.92. The fraction of sp³-hybridized carbons (Fsp3) is 0.200. The topological polar surface area (TPSA) is 64.4 Å². The van der Waals surface area contributed by atoms with Crippen molar-refractivity contribution in [3.8, 4) is 5.75 Å². The number of amides is 1. The average Bonchev–Trinajstić information content (AvgIpc) is 2.78. The van der Waals surface area contributed by atoms with Gasteiger partial charge in [-0.05, 0) is 30.7 Å². The van der Waals surface area contributed by atoms with Crippen LogP contribution in [-0.2, 0) is 4.79 Å². The Hall–Kier alpha value is -2.56. The van der Waals surface area contributed by atoms with Crippen molar-refractivity contribution >= 4 is 23.7 Å². The standard InChI is InChI=1S/C15H16N2O3/c1-10-15(16-11(2)18)14(20-17-10)9-6-12-4-7-13(19-3)8-5-12/h4-9H,1-3H3,(H,16,18)/b9-6+. The molecule has 0 atom stereocenters. The van der Waals surface area contributed by atoms with Crippen molar-refractivity contribution in [2.24, 2.45) is 0 Å². The van der Waals surface area contributed by atoms with Gasteiger partial charge >= 0.3 is 0 Å². The highest BCUT2D eigenvalue weighted by Crippen LogP contribution is 2.22. The third kappa shape index (κ3) is 3.26. The number of nitrogens with one attached hydrogen (secondary N) is 1. The summed E-state index contributed by atoms with van der Waals surface area (Å²) >= 11 is 0. The summed E-state index contributed by atoms with van der Waals surface area (Å²) in [5, 5.41) is 6.56. The first-order valence-corrected chi connectivity index (χ1v) is 6.16. The van der Waals surface area contributed by atoms with Gasteiger partial charge in [0.1, 0.15) is 17.1 Å². The minimum atomic E-state index is -0.157. The Morgan fingerprint density at radius 1 is 1.30 bits per heavy atom. The largest absolute Gasteiger partial charge is 0.497 e. The van der Waals surface area contributed by atoms with Gasteiger partial charge in [0.15, 0.2) is 5.76 Å². The number of hydrogen-bond donors (Lipinski definition) is 1. The minimum absolute atomic E-state index is 0.157. The van der Waals surface area contributed by atoms with Crippen LogP contribution >= 0.6 is 0 Å². The smallest absolute Gasteiger partial charge is 0.221 e. The number of benzene rings is 1. The van der Waals surface area contributed by atoms with Crippen molar-refractivity contribution in [1.29, 1.82) is 0 Å². The number of anilines is 1. The summed E-state index contributed by atoms with van der Waals surface area (Å²) in [5.74, 6) is 1.17. The number of rotatable bonds is 4. The predicted octanol–water partition coefficient (Wildman–Crippen LogP) is 3.12. The van der Waals surface area contributed by atoms with E-state index in [2.05, 4.69) is 10.5 Å². The zero-order valence-electron chi connectivity index (χ0n) is 11.6. The number of ether oxygens (including phenoxy) is 1. The second-order valence-corrected chi connectivity index (χ2v) is 4.29. The average molecular weight is 272 g/mol. The third-order valence-electron chi connectivity index (χ3n) is 2.73. The summed E-state index contributed by atoms with van der Waals surface area (Å²) in [6.07, 6.45) is 3.65. The molecule has 2 aromatic rings. The molecule has 104 valence electrons. The van der Waals surface area contributed by atoms with Crippen LogP contribution in [0.2, 0.25) is 0 Å². The molecule has 0 fully saturated rings. The summed E-state index contributed by atoms with van der Waals surface area (Å²) in [7, 11) is 1.63. The third-order valence-corrected chi connectivity index (χ3v) is 2.73. The molecule has 1 aromatic heterocycles. The SMILES string of the molecule is COc1ccc(/C=C/c2onc(C)c2NC(C)=O)cc1. The molecule has 0 radical (unpaired) electrons. The van der Waals surface area contributed by atoms with Crippen molar-refractivity contribution in [3.63, 3.8) is 0 Å². The van der Waals surface area contributed by atoms with Gasteiger partial charge in [0.25, 0.3) is 0 Å². The zero-order valence-corrected chi connectivity index (χ0v) is 11.6. The molecule has 0 saturated carbocycles. The molecule has 0 saturated heterocycles. The first-order valence-electron chi connectivity index (χ1n) is 6.16. The molecule has 1 amide bonds. The monoisotopic (exact) mass is 272 g/mol. The van der Waals surface area contributed by atoms with E-state index in [-0.39, 0.29) is 5.91 Å². The lowest BCUT2D eigenvalue weighted by atomic mass is 10.2. The Balaban J connectivity index is 2.20. The molecule has 0 aliphatic carbocycles. The number of aryl methyl sites for hydroxylation is 1. The summed E-state index contributed by atoms with van der Waals surface area (Å²) < 4.78 is 10.3. The van der Waals surface area contributed by atoms with Gasteiger partial charge in [-0.1, -0.05) is 23.4 Å². The first kappa shape index (κ1) is 13.9. The van der Waals surface area contributed by atoms with Gasteiger partial charge in [-0.2, -0.15) is 0 Å². The molecule has 5 nitrogen and oxygen atoms in total. The van der Waals surface area contributed by atoms with Crippen LogP contribution in [0.1, 0.15) is 23.9 Å². The normalized spacial score (nSPS) is 10.8. The molecule has 0 unspecified atom stereocenters. The number of carbonyl (C=O) groups is 1. The van der Waals surface area contributed by atoms with Crippen molar-refractivity contribution in [1.82, 2.24) is 5.16 Å². The summed E-state index contributed by atoms with van der Waals surface area (Å²) in [4.78, 5) is 11.1. The molecular formula is C15H16N2O3. The summed E-state index contributed by atoms with van der Waals surface area (Å²) in [5.41, 5.74) is 2.24. The van der Waals surface area contributed by atoms with E-state index in [9.17, 15) is 4.79 Å². The summed E-state index contributed by atoms with van der Waals surface area (Å²) in [6, 6.07) is 7.60. The van der Waals surface area contributed by atoms with Crippen LogP contribution in [0.15, 0.2) is 28.8 Å². The molecule has 0 bridgehead atoms. The van der Waals surface area contributed by atoms with Crippen LogP contribution in [0.5, 0.6) is 5.75 Å². The van der Waals surface area contributed by atoms with E-state index in [4.69, 9.17) is 9.26 Å². The van der Waals surface area contributed by atoms with E-state index in [0.717, 1.165) is 11.3 Å². The Morgan fingerprint density at radius 3 is 2.60 bits per heavy atom. The summed E-state index contributed by atoms with van der Waals surface area (Å²) in [6.45, 7) is 3.23. The molecule has 1 aromatic carbocycles. The number of hydrogen-bond acceptors (Lipinski definition) is 4. The lowest BCUT2D eigenvalue weighted by molar-refractivity contribution is -0.114. The van der Waals surface area contributed by atoms with E-state index in [1.807, 2.05) is 30.3 Å². The highest BCUT2D eigenvalue weighted by atomic mass is 16.5. The second-order valence-electron chi connectivity index (χ2n) is 4.29. The second kappa shape index (κ2) is 6.06. The van der Waals surface area contributed by atoms with Crippen molar-refractivity contribution in [2.45, 2.75) is 13.8 Å². The quantitative estimate of drug-likeness (QED) is 0.928. The van der Waals surface area contributed by atoms with Crippen LogP contribution in [0, 0.1) is 6.92 Å². The maximum atomic E-state index is 11.1. The maximum Gasteiger partial charge on any atom is 0.221 e. The number of aromatic nitrogens is 1. The van der Waals surface area contributed by atoms with Gasteiger partial charge in [-0.25, -0.2) is 0 Å². The van der Waals surface area contributed by atoms with E-state index in [1.165, 1.54) is 6.92 Å². The van der Waals surface area contributed by atoms with E-state index in [0.29, 0.717) is 17.1 Å². The highest BCUT2D eigenvalue weighted by Gasteiger charge is 2.11. The van der Waals surface area contributed by atoms with Crippen molar-refractivity contribution in [2.75, 3.05) is 12.4 Å². The molecule has 0 spiro atoms. The Kier molecular flexibility index (Phi) is 4.20. The van der Waals surface area contributed by atoms with E-state index < -0.39 is 0 Å². The van der Waals surface area contributed by atoms with Crippen molar-refractivity contribution < 1.29 is 14.1 Å². The number of nitrogens with zero attached hydrogens (tertiary/aromatic N) is 1. The molecule has 20 heavy (non-hydrogen) atoms. The fourth-order valence-electron chi connectivity index (χ4n) is 1.72. The molecule has 5 heteroatoms. The Bertz CT molecular complexity index is 627. The Labute approximate surface area is 117 Å². The lowest BCUT2D eigenvalue weighted by Crippen LogP contribution is -2.06. The molecule has 0 aliphatic rings. The first-order chi connectivity index (χ1) is 9.60. The van der Waals surface area contributed by atoms with Gasteiger partial charge in [0.2, 0.25) is 5.91 Å². The van der Waals surface area contributed by atoms with Crippen LogP contribution in [0.4, 0.5) is 5.69 Å². The van der Waals surface area contributed by atoms with Crippen LogP contribution in [0.25, 0.3) is 12.2 Å². The van der Waals surface area contributed by atoms with Crippen LogP contribution in [-0.4, -0.2) is 18.2 Å². The fourth-order valence-corrected chi connectivity index (χ4v) is 1.72. The van der Waals surface area contributed by atoms with Gasteiger partial charge in [-0.3, -0.25) is 4.79 Å². The molecule has 1 heterocycles. The molecule has 0 aliphatic heterocycles. The molecular weight excluding hydrogens is 256 g/mol. The van der Waals surface area contributed by atoms with Gasteiger partial charge < -0.3 is 14.6 Å². The van der Waals surface area contributed by atoms with Crippen molar-refractivity contribution in [3.05, 3.63) is 41.3 Å². The van der Waals surface area contributed by atoms with E-state index in [1.54, 1.807) is 20.1 Å². The molecule has 1 N–H and O–H groups in total. The van der Waals surface area contributed by atoms with Gasteiger partial charge in [0, 0.05) is 6.92 Å². The molecule has 2 rings (SSSR count). The lowest BCUT2D eigenvalue weighted by Gasteiger charge is -2.00. The van der Waals surface area contributed by atoms with Crippen LogP contribution < -0.4 is 10.1 Å². The van der Waals surface area contributed by atoms with Crippen LogP contribution in [0.3, 0.4) is 0 Å².